The van der Waals surface area contributed by atoms with Crippen LogP contribution >= 0.6 is 11.6 Å². The summed E-state index contributed by atoms with van der Waals surface area (Å²) in [5, 5.41) is 0.579. The molecule has 0 aliphatic heterocycles. The number of rotatable bonds is 6. The number of hydrogen-bond acceptors (Lipinski definition) is 1. The van der Waals surface area contributed by atoms with Crippen molar-refractivity contribution in [3.8, 4) is 0 Å². The molecule has 3 rings (SSSR count). The zero-order valence-electron chi connectivity index (χ0n) is 19.2. The summed E-state index contributed by atoms with van der Waals surface area (Å²) in [6.45, 7) is 6.68. The second-order valence-corrected chi connectivity index (χ2v) is 9.71. The maximum atomic E-state index is 14.0. The normalized spacial score (nSPS) is 12.0. The Balaban J connectivity index is 1.89. The molecule has 0 bridgehead atoms. The average molecular weight is 492 g/mol. The Morgan fingerprint density at radius 2 is 1.44 bits per heavy atom. The van der Waals surface area contributed by atoms with E-state index in [0.29, 0.717) is 23.6 Å². The minimum absolute atomic E-state index is 0.0435. The maximum absolute atomic E-state index is 14.0. The summed E-state index contributed by atoms with van der Waals surface area (Å²) >= 11 is 5.93. The average Bonchev–Trinajstić information content (AvgIpc) is 2.76. The molecule has 7 heteroatoms. The summed E-state index contributed by atoms with van der Waals surface area (Å²) < 4.78 is 53.5. The van der Waals surface area contributed by atoms with E-state index in [0.717, 1.165) is 22.8 Å². The quantitative estimate of drug-likeness (QED) is 0.324. The van der Waals surface area contributed by atoms with Gasteiger partial charge < -0.3 is 4.90 Å². The lowest BCUT2D eigenvalue weighted by atomic mass is 9.87. The van der Waals surface area contributed by atoms with Gasteiger partial charge in [-0.25, -0.2) is 4.39 Å². The summed E-state index contributed by atoms with van der Waals surface area (Å²) in [6, 6.07) is 16.8. The Kier molecular flexibility index (Phi) is 7.71. The first-order chi connectivity index (χ1) is 15.8. The smallest absolute Gasteiger partial charge is 0.334 e. The van der Waals surface area contributed by atoms with Gasteiger partial charge in [-0.2, -0.15) is 13.2 Å². The number of alkyl halides is 3. The van der Waals surface area contributed by atoms with E-state index in [2.05, 4.69) is 20.8 Å². The lowest BCUT2D eigenvalue weighted by Gasteiger charge is -2.25. The first-order valence-electron chi connectivity index (χ1n) is 10.8. The topological polar surface area (TPSA) is 20.3 Å². The van der Waals surface area contributed by atoms with E-state index in [9.17, 15) is 22.4 Å². The third-order valence-corrected chi connectivity index (χ3v) is 5.79. The molecule has 3 aromatic carbocycles. The number of halogens is 5. The Morgan fingerprint density at radius 1 is 0.853 bits per heavy atom. The van der Waals surface area contributed by atoms with Gasteiger partial charge in [0.25, 0.3) is 5.91 Å². The zero-order chi connectivity index (χ0) is 25.1. The van der Waals surface area contributed by atoms with Crippen molar-refractivity contribution < 1.29 is 22.4 Å². The van der Waals surface area contributed by atoms with E-state index in [4.69, 9.17) is 11.6 Å². The highest BCUT2D eigenvalue weighted by Gasteiger charge is 2.32. The van der Waals surface area contributed by atoms with Crippen molar-refractivity contribution in [3.63, 3.8) is 0 Å². The first kappa shape index (κ1) is 25.8. The highest BCUT2D eigenvalue weighted by molar-refractivity contribution is 6.30. The van der Waals surface area contributed by atoms with E-state index in [1.165, 1.54) is 4.90 Å². The summed E-state index contributed by atoms with van der Waals surface area (Å²) in [7, 11) is 0. The van der Waals surface area contributed by atoms with E-state index in [1.54, 1.807) is 12.1 Å². The molecule has 0 saturated heterocycles. The molecule has 180 valence electrons. The lowest BCUT2D eigenvalue weighted by molar-refractivity contribution is -0.137. The summed E-state index contributed by atoms with van der Waals surface area (Å²) in [6.07, 6.45) is -4.29. The molecule has 3 aromatic rings. The first-order valence-corrected chi connectivity index (χ1v) is 11.2. The second-order valence-electron chi connectivity index (χ2n) is 9.28. The maximum Gasteiger partial charge on any atom is 0.416 e. The SMILES string of the molecule is CC(C)(C)c1ccc(CN(CCc2ccc(Cl)cc2)C(=O)c2cc(F)cc(C(F)(F)F)c2)cc1. The van der Waals surface area contributed by atoms with Crippen molar-refractivity contribution in [3.05, 3.63) is 105 Å². The van der Waals surface area contributed by atoms with Gasteiger partial charge in [-0.1, -0.05) is 68.8 Å². The van der Waals surface area contributed by atoms with Crippen LogP contribution in [-0.4, -0.2) is 17.4 Å². The predicted molar refractivity (Wildman–Crippen MR) is 126 cm³/mol. The number of amides is 1. The second kappa shape index (κ2) is 10.2. The predicted octanol–water partition coefficient (Wildman–Crippen LogP) is 7.68. The molecule has 34 heavy (non-hydrogen) atoms. The molecule has 0 heterocycles. The fraction of sp³-hybridized carbons (Fsp3) is 0.296. The van der Waals surface area contributed by atoms with Crippen LogP contribution in [0.3, 0.4) is 0 Å². The number of nitrogens with zero attached hydrogens (tertiary/aromatic N) is 1. The van der Waals surface area contributed by atoms with E-state index < -0.39 is 23.5 Å². The third-order valence-electron chi connectivity index (χ3n) is 5.54. The Labute approximate surface area is 202 Å². The van der Waals surface area contributed by atoms with Crippen LogP contribution in [0.15, 0.2) is 66.7 Å². The van der Waals surface area contributed by atoms with Gasteiger partial charge in [0.2, 0.25) is 0 Å². The molecule has 0 aliphatic carbocycles. The molecule has 0 unspecified atom stereocenters. The number of carbonyl (C=O) groups excluding carboxylic acids is 1. The molecular weight excluding hydrogens is 466 g/mol. The standard InChI is InChI=1S/C27H26ClF4NO/c1-26(2,3)21-8-4-19(5-9-21)17-33(13-12-18-6-10-23(28)11-7-18)25(34)20-14-22(27(30,31)32)16-24(29)15-20/h4-11,14-16H,12-13,17H2,1-3H3. The van der Waals surface area contributed by atoms with Crippen LogP contribution < -0.4 is 0 Å². The number of benzene rings is 3. The van der Waals surface area contributed by atoms with E-state index >= 15 is 0 Å². The molecule has 0 spiro atoms. The Hall–Kier alpha value is -2.86. The van der Waals surface area contributed by atoms with Crippen LogP contribution in [0.2, 0.25) is 5.02 Å². The zero-order valence-corrected chi connectivity index (χ0v) is 20.0. The minimum atomic E-state index is -4.76. The van der Waals surface area contributed by atoms with Gasteiger partial charge in [-0.15, -0.1) is 0 Å². The molecule has 0 aliphatic rings. The molecule has 0 radical (unpaired) electrons. The molecule has 0 N–H and O–H groups in total. The van der Waals surface area contributed by atoms with Crippen LogP contribution in [-0.2, 0) is 24.6 Å². The molecular formula is C27H26ClF4NO. The van der Waals surface area contributed by atoms with Gasteiger partial charge in [-0.05, 0) is 58.9 Å². The van der Waals surface area contributed by atoms with Crippen molar-refractivity contribution in [1.29, 1.82) is 0 Å². The number of hydrogen-bond donors (Lipinski definition) is 0. The van der Waals surface area contributed by atoms with Crippen molar-refractivity contribution in [1.82, 2.24) is 4.90 Å². The van der Waals surface area contributed by atoms with Gasteiger partial charge in [0.1, 0.15) is 5.82 Å². The van der Waals surface area contributed by atoms with Crippen LogP contribution in [0.1, 0.15) is 53.4 Å². The van der Waals surface area contributed by atoms with Gasteiger partial charge in [0, 0.05) is 23.7 Å². The lowest BCUT2D eigenvalue weighted by Crippen LogP contribution is -2.33. The minimum Gasteiger partial charge on any atom is -0.334 e. The van der Waals surface area contributed by atoms with Crippen LogP contribution in [0.5, 0.6) is 0 Å². The Bertz CT molecular complexity index is 1130. The van der Waals surface area contributed by atoms with Gasteiger partial charge in [0.05, 0.1) is 5.56 Å². The van der Waals surface area contributed by atoms with Crippen molar-refractivity contribution in [2.24, 2.45) is 0 Å². The molecule has 1 amide bonds. The molecule has 0 fully saturated rings. The van der Waals surface area contributed by atoms with Gasteiger partial charge >= 0.3 is 6.18 Å². The highest BCUT2D eigenvalue weighted by atomic mass is 35.5. The number of carbonyl (C=O) groups is 1. The van der Waals surface area contributed by atoms with Gasteiger partial charge in [0.15, 0.2) is 0 Å². The molecule has 0 saturated carbocycles. The fourth-order valence-electron chi connectivity index (χ4n) is 3.56. The monoisotopic (exact) mass is 491 g/mol. The highest BCUT2D eigenvalue weighted by Crippen LogP contribution is 2.31. The van der Waals surface area contributed by atoms with Crippen molar-refractivity contribution in [2.75, 3.05) is 6.54 Å². The molecule has 0 aromatic heterocycles. The van der Waals surface area contributed by atoms with Crippen LogP contribution in [0, 0.1) is 5.82 Å². The van der Waals surface area contributed by atoms with E-state index in [1.807, 2.05) is 36.4 Å². The largest absolute Gasteiger partial charge is 0.416 e. The summed E-state index contributed by atoms with van der Waals surface area (Å²) in [5.74, 6) is -1.77. The summed E-state index contributed by atoms with van der Waals surface area (Å²) in [4.78, 5) is 14.7. The van der Waals surface area contributed by atoms with Crippen molar-refractivity contribution in [2.45, 2.75) is 45.3 Å². The molecule has 0 atom stereocenters. The van der Waals surface area contributed by atoms with Crippen molar-refractivity contribution >= 4 is 17.5 Å². The fourth-order valence-corrected chi connectivity index (χ4v) is 3.68. The van der Waals surface area contributed by atoms with Crippen LogP contribution in [0.25, 0.3) is 0 Å². The van der Waals surface area contributed by atoms with E-state index in [-0.39, 0.29) is 24.1 Å². The Morgan fingerprint density at radius 3 is 2.00 bits per heavy atom. The van der Waals surface area contributed by atoms with Gasteiger partial charge in [-0.3, -0.25) is 4.79 Å². The molecule has 2 nitrogen and oxygen atoms in total. The summed E-state index contributed by atoms with van der Waals surface area (Å²) in [5.41, 5.74) is 1.29. The van der Waals surface area contributed by atoms with Crippen LogP contribution in [0.4, 0.5) is 17.6 Å². The third kappa shape index (κ3) is 6.83.